The summed E-state index contributed by atoms with van der Waals surface area (Å²) < 4.78 is 28.0. The van der Waals surface area contributed by atoms with E-state index in [0.29, 0.717) is 58.0 Å². The minimum atomic E-state index is -3.83. The van der Waals surface area contributed by atoms with E-state index in [1.807, 2.05) is 146 Å². The maximum atomic E-state index is 16.1. The molecule has 4 aliphatic heterocycles. The van der Waals surface area contributed by atoms with Gasteiger partial charge in [-0.15, -0.1) is 0 Å². The molecule has 0 fully saturated rings. The van der Waals surface area contributed by atoms with Crippen LogP contribution in [0.5, 0.6) is 0 Å². The van der Waals surface area contributed by atoms with E-state index in [2.05, 4.69) is 31.3 Å². The van der Waals surface area contributed by atoms with Crippen LogP contribution in [0, 0.1) is 0 Å². The maximum Gasteiger partial charge on any atom is 0.809 e. The first-order valence-corrected chi connectivity index (χ1v) is 21.7. The summed E-state index contributed by atoms with van der Waals surface area (Å²) in [6, 6.07) is 51.2. The van der Waals surface area contributed by atoms with Crippen LogP contribution in [0.1, 0.15) is 33.4 Å². The van der Waals surface area contributed by atoms with Crippen molar-refractivity contribution in [3.05, 3.63) is 191 Å². The summed E-state index contributed by atoms with van der Waals surface area (Å²) >= 11 is -3.31. The van der Waals surface area contributed by atoms with Gasteiger partial charge in [-0.05, 0) is 36.5 Å². The van der Waals surface area contributed by atoms with Gasteiger partial charge in [-0.3, -0.25) is 4.57 Å². The molecule has 0 N–H and O–H groups in total. The lowest BCUT2D eigenvalue weighted by atomic mass is 10.1. The highest BCUT2D eigenvalue weighted by Crippen LogP contribution is 2.50. The molecular weight excluding hydrogens is 743 g/mol. The predicted molar refractivity (Wildman–Crippen MR) is 230 cm³/mol. The van der Waals surface area contributed by atoms with Gasteiger partial charge in [0.2, 0.25) is 7.37 Å². The third kappa shape index (κ3) is 5.32. The minimum absolute atomic E-state index is 0.455. The highest BCUT2D eigenvalue weighted by Gasteiger charge is 2.51. The third-order valence-corrected chi connectivity index (χ3v) is 16.5. The number of amidine groups is 5. The monoisotopic (exact) mass is 772 g/mol. The Morgan fingerprint density at radius 1 is 0.596 bits per heavy atom. The topological polar surface area (TPSA) is 109 Å². The largest absolute Gasteiger partial charge is 0.809 e. The lowest BCUT2D eigenvalue weighted by molar-refractivity contribution is 0.452. The molecule has 2 bridgehead atoms. The summed E-state index contributed by atoms with van der Waals surface area (Å²) in [5.41, 5.74) is 5.47. The van der Waals surface area contributed by atoms with Crippen LogP contribution in [-0.4, -0.2) is 58.3 Å². The van der Waals surface area contributed by atoms with Crippen molar-refractivity contribution in [1.29, 1.82) is 0 Å². The number of aliphatic imine (C=N–C) groups is 6. The number of aromatic nitrogens is 1. The first kappa shape index (κ1) is 33.7. The number of hydrogen-bond acceptors (Lipinski definition) is 8. The second-order valence-corrected chi connectivity index (χ2v) is 18.7. The maximum absolute atomic E-state index is 16.1. The predicted octanol–water partition coefficient (Wildman–Crippen LogP) is 8.07. The van der Waals surface area contributed by atoms with Crippen molar-refractivity contribution < 1.29 is 8.14 Å². The Kier molecular flexibility index (Phi) is 7.85. The van der Waals surface area contributed by atoms with Crippen LogP contribution in [0.25, 0.3) is 10.8 Å². The molecule has 7 aromatic rings. The summed E-state index contributed by atoms with van der Waals surface area (Å²) in [4.78, 5) is 30.4. The Bertz CT molecular complexity index is 3000. The van der Waals surface area contributed by atoms with E-state index in [-0.39, 0.29) is 0 Å². The van der Waals surface area contributed by atoms with Crippen molar-refractivity contribution in [2.24, 2.45) is 30.0 Å². The molecular formula is C45H30AlN8O2P. The quantitative estimate of drug-likeness (QED) is 0.100. The van der Waals surface area contributed by atoms with Crippen LogP contribution in [0.15, 0.2) is 188 Å². The minimum Gasteiger partial charge on any atom is -0.410 e. The Morgan fingerprint density at radius 3 is 1.84 bits per heavy atom. The second-order valence-electron chi connectivity index (χ2n) is 13.9. The van der Waals surface area contributed by atoms with Crippen molar-refractivity contribution >= 4 is 91.2 Å². The summed E-state index contributed by atoms with van der Waals surface area (Å²) in [5.74, 6) is 3.93. The van der Waals surface area contributed by atoms with Gasteiger partial charge in [0.15, 0.2) is 23.3 Å². The average Bonchev–Trinajstić information content (AvgIpc) is 4.01. The molecule has 12 heteroatoms. The molecule has 11 rings (SSSR count). The van der Waals surface area contributed by atoms with Gasteiger partial charge in [0.05, 0.1) is 0 Å². The molecule has 4 aliphatic rings. The number of benzene rings is 6. The Balaban J connectivity index is 1.27. The van der Waals surface area contributed by atoms with Crippen molar-refractivity contribution in [2.45, 2.75) is 6.54 Å². The highest BCUT2D eigenvalue weighted by molar-refractivity contribution is 7.75. The van der Waals surface area contributed by atoms with Crippen LogP contribution >= 0.6 is 7.37 Å². The van der Waals surface area contributed by atoms with Gasteiger partial charge in [0.25, 0.3) is 0 Å². The van der Waals surface area contributed by atoms with E-state index in [1.54, 1.807) is 0 Å². The van der Waals surface area contributed by atoms with Crippen molar-refractivity contribution in [3.63, 3.8) is 0 Å². The van der Waals surface area contributed by atoms with Crippen molar-refractivity contribution in [3.8, 4) is 0 Å². The molecule has 0 aliphatic carbocycles. The number of nitrogens with zero attached hydrogens (tertiary/aromatic N) is 8. The van der Waals surface area contributed by atoms with Gasteiger partial charge in [-0.2, -0.15) is 0 Å². The molecule has 10 nitrogen and oxygen atoms in total. The zero-order valence-corrected chi connectivity index (χ0v) is 32.4. The van der Waals surface area contributed by atoms with Crippen LogP contribution in [0.4, 0.5) is 11.6 Å². The third-order valence-electron chi connectivity index (χ3n) is 10.7. The standard InChI is InChI=1S/C33H20N8.C12H11O2P.Al/c1-34-27-21-12-4-5-13-22(21)29(36-27)38-31-25-16-8-9-17-26(25)33(40-31)41-32-24-15-7-6-14-23(24)30(39-32)37-28-20-11-3-2-10-19(20)18-35-28;13-15(14,11-7-3-1-4-8-11)12-9-5-2-6-10-12;/h2-17H,1,18H2;1-10H,(H,13,14);/q-2;;+3/p-1/b38-29-;;. The molecule has 0 radical (unpaired) electrons. The molecule has 57 heavy (non-hydrogen) atoms. The van der Waals surface area contributed by atoms with Crippen LogP contribution in [-0.2, 0) is 14.7 Å². The number of fused-ring (bicyclic) bond motifs is 11. The normalized spacial score (nSPS) is 16.8. The molecule has 6 aromatic carbocycles. The molecule has 1 aromatic heterocycles. The first-order chi connectivity index (χ1) is 28.1. The van der Waals surface area contributed by atoms with Crippen LogP contribution < -0.4 is 10.6 Å². The Morgan fingerprint density at radius 2 is 1.16 bits per heavy atom. The summed E-state index contributed by atoms with van der Waals surface area (Å²) in [7, 11) is -3.83. The zero-order valence-electron chi connectivity index (χ0n) is 30.3. The van der Waals surface area contributed by atoms with Crippen LogP contribution in [0.2, 0.25) is 0 Å². The van der Waals surface area contributed by atoms with Gasteiger partial charge < -0.3 is 11.0 Å². The van der Waals surface area contributed by atoms with E-state index < -0.39 is 22.3 Å². The number of hydrogen-bond donors (Lipinski definition) is 0. The highest BCUT2D eigenvalue weighted by atomic mass is 31.2. The fraction of sp³-hybridized carbons (Fsp3) is 0.0222. The van der Waals surface area contributed by atoms with Crippen molar-refractivity contribution in [2.75, 3.05) is 0 Å². The molecule has 0 saturated heterocycles. The van der Waals surface area contributed by atoms with Crippen LogP contribution in [0.3, 0.4) is 0 Å². The van der Waals surface area contributed by atoms with Gasteiger partial charge in [0.1, 0.15) is 17.5 Å². The molecule has 5 heterocycles. The van der Waals surface area contributed by atoms with E-state index in [9.17, 15) is 0 Å². The second kappa shape index (κ2) is 13.3. The molecule has 270 valence electrons. The zero-order chi connectivity index (χ0) is 38.1. The lowest BCUT2D eigenvalue weighted by Crippen LogP contribution is -2.48. The van der Waals surface area contributed by atoms with Gasteiger partial charge in [0, 0.05) is 55.7 Å². The lowest BCUT2D eigenvalue weighted by Gasteiger charge is -2.31. The molecule has 0 amide bonds. The van der Waals surface area contributed by atoms with Crippen molar-refractivity contribution in [1.82, 2.24) is 7.43 Å². The van der Waals surface area contributed by atoms with E-state index >= 15 is 4.57 Å². The van der Waals surface area contributed by atoms with E-state index in [0.717, 1.165) is 44.2 Å². The number of rotatable bonds is 5. The van der Waals surface area contributed by atoms with Gasteiger partial charge >= 0.3 is 14.9 Å². The Hall–Kier alpha value is -6.60. The summed E-state index contributed by atoms with van der Waals surface area (Å²) in [6.45, 7) is 4.26. The SMILES string of the molecule is C=NC1=N/C(=N\c2c3ccccc3c3[n]2[Al]([O]P(=O)(c2ccccc2)c2ccccc2)[N]2Cc4ccccc4C2=NC2=N/C(=N\3)c3ccccc32)c2ccccc21. The molecule has 0 unspecified atom stereocenters. The smallest absolute Gasteiger partial charge is 0.410 e. The molecule has 0 atom stereocenters. The summed E-state index contributed by atoms with van der Waals surface area (Å²) in [6.07, 6.45) is 0. The summed E-state index contributed by atoms with van der Waals surface area (Å²) in [5, 5.41) is 2.84. The fourth-order valence-electron chi connectivity index (χ4n) is 8.03. The van der Waals surface area contributed by atoms with E-state index in [1.165, 1.54) is 0 Å². The van der Waals surface area contributed by atoms with E-state index in [4.69, 9.17) is 28.5 Å². The van der Waals surface area contributed by atoms with Gasteiger partial charge in [-0.1, -0.05) is 133 Å². The van der Waals surface area contributed by atoms with Gasteiger partial charge in [-0.25, -0.2) is 30.0 Å². The molecule has 0 spiro atoms. The molecule has 0 saturated carbocycles. The average molecular weight is 773 g/mol. The Labute approximate surface area is 332 Å². The fourth-order valence-corrected chi connectivity index (χ4v) is 14.2. The first-order valence-electron chi connectivity index (χ1n) is 18.6.